The summed E-state index contributed by atoms with van der Waals surface area (Å²) in [5.41, 5.74) is 0.215. The van der Waals surface area contributed by atoms with Crippen molar-refractivity contribution in [1.29, 1.82) is 0 Å². The van der Waals surface area contributed by atoms with E-state index in [0.29, 0.717) is 11.5 Å². The molecule has 2 N–H and O–H groups in total. The summed E-state index contributed by atoms with van der Waals surface area (Å²) in [6.07, 6.45) is -6.94. The molecule has 1 saturated heterocycles. The Morgan fingerprint density at radius 3 is 2.25 bits per heavy atom. The summed E-state index contributed by atoms with van der Waals surface area (Å²) in [6.45, 7) is -1.12. The Kier molecular flexibility index (Phi) is 6.98. The van der Waals surface area contributed by atoms with Crippen LogP contribution in [-0.4, -0.2) is 59.4 Å². The maximum Gasteiger partial charge on any atom is 0.522 e. The third-order valence-corrected chi connectivity index (χ3v) is 4.66. The van der Waals surface area contributed by atoms with Crippen LogP contribution in [0.2, 0.25) is 0 Å². The summed E-state index contributed by atoms with van der Waals surface area (Å²) in [4.78, 5) is 36.7. The van der Waals surface area contributed by atoms with E-state index in [1.807, 2.05) is 6.07 Å². The van der Waals surface area contributed by atoms with Crippen LogP contribution in [0.4, 0.5) is 13.2 Å². The van der Waals surface area contributed by atoms with E-state index in [9.17, 15) is 32.7 Å². The zero-order chi connectivity index (χ0) is 23.3. The third kappa shape index (κ3) is 6.20. The fourth-order valence-corrected chi connectivity index (χ4v) is 3.24. The first-order valence-electron chi connectivity index (χ1n) is 9.50. The molecule has 1 aliphatic rings. The van der Waals surface area contributed by atoms with Gasteiger partial charge in [-0.05, 0) is 36.4 Å². The van der Waals surface area contributed by atoms with E-state index in [4.69, 9.17) is 4.74 Å². The van der Waals surface area contributed by atoms with Gasteiger partial charge in [-0.1, -0.05) is 18.2 Å². The molecule has 0 aliphatic carbocycles. The number of amides is 2. The molecule has 0 bridgehead atoms. The lowest BCUT2D eigenvalue weighted by Crippen LogP contribution is -2.45. The van der Waals surface area contributed by atoms with Gasteiger partial charge in [-0.15, -0.1) is 13.2 Å². The Bertz CT molecular complexity index is 966. The van der Waals surface area contributed by atoms with Crippen LogP contribution in [0.5, 0.6) is 11.5 Å². The van der Waals surface area contributed by atoms with Crippen molar-refractivity contribution in [2.75, 3.05) is 13.1 Å². The fourth-order valence-electron chi connectivity index (χ4n) is 3.24. The number of benzene rings is 2. The normalized spacial score (nSPS) is 18.3. The van der Waals surface area contributed by atoms with Gasteiger partial charge < -0.3 is 20.1 Å². The van der Waals surface area contributed by atoms with E-state index < -0.39 is 55.8 Å². The molecule has 8 nitrogen and oxygen atoms in total. The molecule has 1 fully saturated rings. The standard InChI is InChI=1S/C21H19F3N2O6/c22-21(23,24)32-16-10-17(20(29)30)26(12-16)18(27)11-25-19(28)13-6-8-15(9-7-13)31-14-4-2-1-3-5-14/h1-9,16-17H,10-12H2,(H,25,28)(H,29,30)/t16?,17-/m0/s1. The molecule has 1 heterocycles. The molecule has 1 aliphatic heterocycles. The van der Waals surface area contributed by atoms with Gasteiger partial charge in [-0.3, -0.25) is 14.3 Å². The highest BCUT2D eigenvalue weighted by molar-refractivity contribution is 5.97. The van der Waals surface area contributed by atoms with Gasteiger partial charge in [0, 0.05) is 18.5 Å². The van der Waals surface area contributed by atoms with Crippen molar-refractivity contribution in [3.63, 3.8) is 0 Å². The van der Waals surface area contributed by atoms with Crippen molar-refractivity contribution in [3.8, 4) is 11.5 Å². The molecule has 170 valence electrons. The summed E-state index contributed by atoms with van der Waals surface area (Å²) in [5.74, 6) is -1.80. The van der Waals surface area contributed by atoms with Crippen LogP contribution in [-0.2, 0) is 14.3 Å². The molecule has 0 aromatic heterocycles. The molecule has 2 amide bonds. The lowest BCUT2D eigenvalue weighted by atomic mass is 10.2. The van der Waals surface area contributed by atoms with E-state index in [1.54, 1.807) is 36.4 Å². The van der Waals surface area contributed by atoms with Crippen LogP contribution in [0.1, 0.15) is 16.8 Å². The lowest BCUT2D eigenvalue weighted by molar-refractivity contribution is -0.340. The predicted octanol–water partition coefficient (Wildman–Crippen LogP) is 2.80. The second-order valence-corrected chi connectivity index (χ2v) is 6.94. The van der Waals surface area contributed by atoms with E-state index in [0.717, 1.165) is 4.90 Å². The zero-order valence-electron chi connectivity index (χ0n) is 16.5. The van der Waals surface area contributed by atoms with Crippen LogP contribution >= 0.6 is 0 Å². The number of para-hydroxylation sites is 1. The van der Waals surface area contributed by atoms with Crippen LogP contribution in [0.25, 0.3) is 0 Å². The SMILES string of the molecule is O=C(NCC(=O)N1CC(OC(F)(F)F)C[C@H]1C(=O)O)c1ccc(Oc2ccccc2)cc1. The van der Waals surface area contributed by atoms with Crippen molar-refractivity contribution in [1.82, 2.24) is 10.2 Å². The van der Waals surface area contributed by atoms with Gasteiger partial charge in [-0.25, -0.2) is 4.79 Å². The van der Waals surface area contributed by atoms with Crippen molar-refractivity contribution < 1.29 is 42.1 Å². The number of hydrogen-bond donors (Lipinski definition) is 2. The first-order chi connectivity index (χ1) is 15.1. The van der Waals surface area contributed by atoms with Crippen molar-refractivity contribution in [2.24, 2.45) is 0 Å². The quantitative estimate of drug-likeness (QED) is 0.670. The number of ether oxygens (including phenoxy) is 2. The Hall–Kier alpha value is -3.60. The maximum absolute atomic E-state index is 12.4. The number of nitrogens with zero attached hydrogens (tertiary/aromatic N) is 1. The van der Waals surface area contributed by atoms with E-state index in [1.165, 1.54) is 12.1 Å². The summed E-state index contributed by atoms with van der Waals surface area (Å²) >= 11 is 0. The average molecular weight is 452 g/mol. The molecule has 2 aromatic carbocycles. The van der Waals surface area contributed by atoms with Crippen molar-refractivity contribution in [2.45, 2.75) is 24.9 Å². The zero-order valence-corrected chi connectivity index (χ0v) is 16.5. The molecule has 11 heteroatoms. The topological polar surface area (TPSA) is 105 Å². The average Bonchev–Trinajstić information content (AvgIpc) is 3.15. The van der Waals surface area contributed by atoms with Crippen molar-refractivity contribution >= 4 is 17.8 Å². The van der Waals surface area contributed by atoms with Crippen LogP contribution in [0, 0.1) is 0 Å². The molecular weight excluding hydrogens is 433 g/mol. The number of carbonyl (C=O) groups is 3. The number of hydrogen-bond acceptors (Lipinski definition) is 5. The number of alkyl halides is 3. The minimum absolute atomic E-state index is 0.215. The number of carbonyl (C=O) groups excluding carboxylic acids is 2. The Balaban J connectivity index is 1.55. The summed E-state index contributed by atoms with van der Waals surface area (Å²) in [5, 5.41) is 11.5. The number of carboxylic acid groups (broad SMARTS) is 1. The Labute approximate surface area is 180 Å². The maximum atomic E-state index is 12.4. The number of rotatable bonds is 7. The number of nitrogens with one attached hydrogen (secondary N) is 1. The molecule has 2 atom stereocenters. The second kappa shape index (κ2) is 9.69. The van der Waals surface area contributed by atoms with Crippen LogP contribution < -0.4 is 10.1 Å². The Morgan fingerprint density at radius 2 is 1.66 bits per heavy atom. The monoisotopic (exact) mass is 452 g/mol. The van der Waals surface area contributed by atoms with Crippen LogP contribution in [0.3, 0.4) is 0 Å². The predicted molar refractivity (Wildman–Crippen MR) is 104 cm³/mol. The van der Waals surface area contributed by atoms with E-state index in [2.05, 4.69) is 10.1 Å². The van der Waals surface area contributed by atoms with Gasteiger partial charge in [0.05, 0.1) is 12.6 Å². The Morgan fingerprint density at radius 1 is 1.03 bits per heavy atom. The summed E-state index contributed by atoms with van der Waals surface area (Å²) in [6, 6.07) is 13.6. The first-order valence-corrected chi connectivity index (χ1v) is 9.50. The molecule has 0 radical (unpaired) electrons. The highest BCUT2D eigenvalue weighted by Gasteiger charge is 2.44. The van der Waals surface area contributed by atoms with Crippen molar-refractivity contribution in [3.05, 3.63) is 60.2 Å². The molecule has 3 rings (SSSR count). The van der Waals surface area contributed by atoms with Gasteiger partial charge in [0.2, 0.25) is 5.91 Å². The molecule has 32 heavy (non-hydrogen) atoms. The minimum atomic E-state index is -4.95. The van der Waals surface area contributed by atoms with Crippen LogP contribution in [0.15, 0.2) is 54.6 Å². The van der Waals surface area contributed by atoms with E-state index >= 15 is 0 Å². The molecule has 2 aromatic rings. The highest BCUT2D eigenvalue weighted by atomic mass is 19.4. The summed E-state index contributed by atoms with van der Waals surface area (Å²) < 4.78 is 46.7. The summed E-state index contributed by atoms with van der Waals surface area (Å²) in [7, 11) is 0. The van der Waals surface area contributed by atoms with Gasteiger partial charge in [0.1, 0.15) is 17.5 Å². The fraction of sp³-hybridized carbons (Fsp3) is 0.286. The smallest absolute Gasteiger partial charge is 0.480 e. The van der Waals surface area contributed by atoms with Gasteiger partial charge >= 0.3 is 12.3 Å². The number of carboxylic acids is 1. The minimum Gasteiger partial charge on any atom is -0.480 e. The number of likely N-dealkylation sites (tertiary alicyclic amines) is 1. The first kappa shape index (κ1) is 23.1. The number of halogens is 3. The largest absolute Gasteiger partial charge is 0.522 e. The second-order valence-electron chi connectivity index (χ2n) is 6.94. The van der Waals surface area contributed by atoms with E-state index in [-0.39, 0.29) is 5.56 Å². The van der Waals surface area contributed by atoms with Gasteiger partial charge in [-0.2, -0.15) is 0 Å². The van der Waals surface area contributed by atoms with Gasteiger partial charge in [0.25, 0.3) is 5.91 Å². The lowest BCUT2D eigenvalue weighted by Gasteiger charge is -2.21. The highest BCUT2D eigenvalue weighted by Crippen LogP contribution is 2.27. The third-order valence-electron chi connectivity index (χ3n) is 4.66. The number of aliphatic carboxylic acids is 1. The molecule has 1 unspecified atom stereocenters. The molecular formula is C21H19F3N2O6. The molecule has 0 spiro atoms. The molecule has 0 saturated carbocycles. The van der Waals surface area contributed by atoms with Gasteiger partial charge in [0.15, 0.2) is 0 Å².